The molecule has 2 N–H and O–H groups in total. The van der Waals surface area contributed by atoms with Crippen LogP contribution >= 0.6 is 11.5 Å². The molecule has 1 aliphatic rings. The van der Waals surface area contributed by atoms with Crippen LogP contribution in [0.15, 0.2) is 0 Å². The molecule has 1 unspecified atom stereocenters. The van der Waals surface area contributed by atoms with E-state index in [-0.39, 0.29) is 6.04 Å². The average molecular weight is 196 g/mol. The molecule has 2 nitrogen and oxygen atoms in total. The second-order valence-corrected chi connectivity index (χ2v) is 5.01. The molecule has 0 aliphatic heterocycles. The van der Waals surface area contributed by atoms with E-state index < -0.39 is 0 Å². The van der Waals surface area contributed by atoms with Crippen molar-refractivity contribution >= 4 is 11.5 Å². The van der Waals surface area contributed by atoms with Crippen LogP contribution in [0.5, 0.6) is 0 Å². The largest absolute Gasteiger partial charge is 0.323 e. The number of aryl methyl sites for hydroxylation is 1. The van der Waals surface area contributed by atoms with Gasteiger partial charge >= 0.3 is 0 Å². The summed E-state index contributed by atoms with van der Waals surface area (Å²) in [7, 11) is 0. The number of nitrogens with two attached hydrogens (primary N) is 1. The second-order valence-electron chi connectivity index (χ2n) is 4.03. The van der Waals surface area contributed by atoms with Crippen molar-refractivity contribution in [2.45, 2.75) is 39.2 Å². The first kappa shape index (κ1) is 9.16. The zero-order chi connectivity index (χ0) is 9.42. The van der Waals surface area contributed by atoms with Crippen molar-refractivity contribution in [3.8, 4) is 0 Å². The van der Waals surface area contributed by atoms with Gasteiger partial charge in [-0.1, -0.05) is 12.8 Å². The van der Waals surface area contributed by atoms with Crippen LogP contribution in [-0.4, -0.2) is 4.37 Å². The molecule has 1 fully saturated rings. The van der Waals surface area contributed by atoms with Gasteiger partial charge in [0, 0.05) is 10.9 Å². The van der Waals surface area contributed by atoms with Crippen molar-refractivity contribution < 1.29 is 0 Å². The highest BCUT2D eigenvalue weighted by molar-refractivity contribution is 7.05. The summed E-state index contributed by atoms with van der Waals surface area (Å²) in [5.74, 6) is 0.886. The Balaban J connectivity index is 2.09. The second kappa shape index (κ2) is 3.39. The summed E-state index contributed by atoms with van der Waals surface area (Å²) in [6, 6.07) is 0.178. The third-order valence-corrected chi connectivity index (χ3v) is 3.70. The van der Waals surface area contributed by atoms with Gasteiger partial charge in [0.05, 0.1) is 5.69 Å². The maximum atomic E-state index is 6.09. The fraction of sp³-hybridized carbons (Fsp3) is 0.700. The van der Waals surface area contributed by atoms with Crippen LogP contribution < -0.4 is 5.73 Å². The molecule has 13 heavy (non-hydrogen) atoms. The normalized spacial score (nSPS) is 19.0. The van der Waals surface area contributed by atoms with E-state index in [0.717, 1.165) is 18.0 Å². The van der Waals surface area contributed by atoms with Gasteiger partial charge in [-0.3, -0.25) is 0 Å². The topological polar surface area (TPSA) is 38.9 Å². The van der Waals surface area contributed by atoms with Gasteiger partial charge in [0.15, 0.2) is 0 Å². The molecule has 72 valence electrons. The van der Waals surface area contributed by atoms with Gasteiger partial charge in [0.1, 0.15) is 0 Å². The summed E-state index contributed by atoms with van der Waals surface area (Å²) in [5, 5.41) is 0. The van der Waals surface area contributed by atoms with Crippen molar-refractivity contribution in [2.75, 3.05) is 0 Å². The van der Waals surface area contributed by atoms with Crippen LogP contribution in [0.2, 0.25) is 0 Å². The molecule has 1 aromatic heterocycles. The minimum atomic E-state index is 0.178. The Hall–Kier alpha value is -0.410. The number of aromatic nitrogens is 1. The van der Waals surface area contributed by atoms with E-state index in [1.807, 2.05) is 0 Å². The Morgan fingerprint density at radius 1 is 1.54 bits per heavy atom. The molecular formula is C10H16N2S. The molecule has 2 rings (SSSR count). The molecule has 0 amide bonds. The minimum Gasteiger partial charge on any atom is -0.323 e. The molecule has 1 saturated carbocycles. The van der Waals surface area contributed by atoms with E-state index in [4.69, 9.17) is 5.73 Å². The lowest BCUT2D eigenvalue weighted by atomic mass is 10.0. The van der Waals surface area contributed by atoms with Gasteiger partial charge in [0.25, 0.3) is 0 Å². The van der Waals surface area contributed by atoms with Crippen LogP contribution in [0.1, 0.15) is 41.4 Å². The SMILES string of the molecule is Cc1snc(C(N)CC2CC2)c1C. The maximum absolute atomic E-state index is 6.09. The summed E-state index contributed by atoms with van der Waals surface area (Å²) in [6.07, 6.45) is 3.87. The number of nitrogens with zero attached hydrogens (tertiary/aromatic N) is 1. The molecule has 0 radical (unpaired) electrons. The lowest BCUT2D eigenvalue weighted by Crippen LogP contribution is -2.12. The predicted molar refractivity (Wildman–Crippen MR) is 55.9 cm³/mol. The van der Waals surface area contributed by atoms with Gasteiger partial charge in [-0.25, -0.2) is 0 Å². The molecule has 0 aromatic carbocycles. The van der Waals surface area contributed by atoms with Gasteiger partial charge in [0.2, 0.25) is 0 Å². The van der Waals surface area contributed by atoms with E-state index in [9.17, 15) is 0 Å². The number of rotatable bonds is 3. The summed E-state index contributed by atoms with van der Waals surface area (Å²) >= 11 is 1.58. The standard InChI is InChI=1S/C10H16N2S/c1-6-7(2)13-12-10(6)9(11)5-8-3-4-8/h8-9H,3-5,11H2,1-2H3. The Morgan fingerprint density at radius 2 is 2.23 bits per heavy atom. The Morgan fingerprint density at radius 3 is 2.69 bits per heavy atom. The summed E-state index contributed by atoms with van der Waals surface area (Å²) in [4.78, 5) is 1.31. The lowest BCUT2D eigenvalue weighted by Gasteiger charge is -2.08. The fourth-order valence-corrected chi connectivity index (χ4v) is 2.35. The van der Waals surface area contributed by atoms with Gasteiger partial charge in [-0.2, -0.15) is 4.37 Å². The van der Waals surface area contributed by atoms with Gasteiger partial charge in [-0.15, -0.1) is 0 Å². The van der Waals surface area contributed by atoms with Crippen molar-refractivity contribution in [1.82, 2.24) is 4.37 Å². The molecule has 0 bridgehead atoms. The van der Waals surface area contributed by atoms with Crippen LogP contribution in [0, 0.1) is 19.8 Å². The number of hydrogen-bond donors (Lipinski definition) is 1. The van der Waals surface area contributed by atoms with Crippen molar-refractivity contribution in [3.05, 3.63) is 16.1 Å². The van der Waals surface area contributed by atoms with Crippen LogP contribution in [0.4, 0.5) is 0 Å². The molecule has 1 atom stereocenters. The molecule has 1 heterocycles. The molecule has 0 saturated heterocycles. The highest BCUT2D eigenvalue weighted by Crippen LogP contribution is 2.37. The Kier molecular flexibility index (Phi) is 2.39. The average Bonchev–Trinajstić information content (AvgIpc) is 2.82. The maximum Gasteiger partial charge on any atom is 0.0741 e. The van der Waals surface area contributed by atoms with E-state index in [1.54, 1.807) is 11.5 Å². The zero-order valence-electron chi connectivity index (χ0n) is 8.21. The van der Waals surface area contributed by atoms with Crippen LogP contribution in [-0.2, 0) is 0 Å². The highest BCUT2D eigenvalue weighted by atomic mass is 32.1. The summed E-state index contributed by atoms with van der Waals surface area (Å²) in [5.41, 5.74) is 8.53. The predicted octanol–water partition coefficient (Wildman–Crippen LogP) is 2.56. The molecular weight excluding hydrogens is 180 g/mol. The fourth-order valence-electron chi connectivity index (χ4n) is 1.61. The third kappa shape index (κ3) is 1.92. The lowest BCUT2D eigenvalue weighted by molar-refractivity contribution is 0.585. The van der Waals surface area contributed by atoms with Crippen LogP contribution in [0.25, 0.3) is 0 Å². The molecule has 3 heteroatoms. The van der Waals surface area contributed by atoms with Gasteiger partial charge < -0.3 is 5.73 Å². The van der Waals surface area contributed by atoms with Crippen molar-refractivity contribution in [2.24, 2.45) is 11.7 Å². The van der Waals surface area contributed by atoms with E-state index in [2.05, 4.69) is 18.2 Å². The Labute approximate surface area is 83.3 Å². The molecule has 1 aliphatic carbocycles. The first-order valence-corrected chi connectivity index (χ1v) is 5.64. The molecule has 0 spiro atoms. The van der Waals surface area contributed by atoms with Crippen molar-refractivity contribution in [1.29, 1.82) is 0 Å². The quantitative estimate of drug-likeness (QED) is 0.807. The van der Waals surface area contributed by atoms with Crippen LogP contribution in [0.3, 0.4) is 0 Å². The third-order valence-electron chi connectivity index (χ3n) is 2.83. The van der Waals surface area contributed by atoms with E-state index in [1.165, 1.54) is 23.3 Å². The van der Waals surface area contributed by atoms with E-state index in [0.29, 0.717) is 0 Å². The number of hydrogen-bond acceptors (Lipinski definition) is 3. The highest BCUT2D eigenvalue weighted by Gasteiger charge is 2.26. The monoisotopic (exact) mass is 196 g/mol. The first-order chi connectivity index (χ1) is 6.18. The smallest absolute Gasteiger partial charge is 0.0741 e. The molecule has 1 aromatic rings. The Bertz CT molecular complexity index is 302. The van der Waals surface area contributed by atoms with Gasteiger partial charge in [-0.05, 0) is 43.3 Å². The zero-order valence-corrected chi connectivity index (χ0v) is 9.03. The summed E-state index contributed by atoms with van der Waals surface area (Å²) in [6.45, 7) is 4.24. The summed E-state index contributed by atoms with van der Waals surface area (Å²) < 4.78 is 4.41. The minimum absolute atomic E-state index is 0.178. The first-order valence-electron chi connectivity index (χ1n) is 4.87. The van der Waals surface area contributed by atoms with E-state index >= 15 is 0 Å². The van der Waals surface area contributed by atoms with Crippen molar-refractivity contribution in [3.63, 3.8) is 0 Å².